The molecule has 0 aliphatic rings. The molecule has 3 rings (SSSR count). The highest BCUT2D eigenvalue weighted by atomic mass is 19.4. The maximum Gasteiger partial charge on any atom is 0.416 e. The number of aromatic nitrogens is 1. The summed E-state index contributed by atoms with van der Waals surface area (Å²) >= 11 is 0. The number of pyridine rings is 1. The van der Waals surface area contributed by atoms with Gasteiger partial charge in [0.25, 0.3) is 11.8 Å². The van der Waals surface area contributed by atoms with Crippen molar-refractivity contribution in [3.05, 3.63) is 89.7 Å². The number of para-hydroxylation sites is 1. The van der Waals surface area contributed by atoms with Crippen LogP contribution < -0.4 is 10.2 Å². The van der Waals surface area contributed by atoms with Gasteiger partial charge in [0.1, 0.15) is 5.69 Å². The van der Waals surface area contributed by atoms with Crippen molar-refractivity contribution >= 4 is 23.2 Å². The number of alkyl halides is 3. The van der Waals surface area contributed by atoms with Crippen molar-refractivity contribution in [2.75, 3.05) is 17.3 Å². The van der Waals surface area contributed by atoms with Gasteiger partial charge in [-0.3, -0.25) is 14.6 Å². The summed E-state index contributed by atoms with van der Waals surface area (Å²) in [7, 11) is 1.61. The third kappa shape index (κ3) is 4.78. The van der Waals surface area contributed by atoms with Crippen LogP contribution in [0.1, 0.15) is 26.4 Å². The van der Waals surface area contributed by atoms with Crippen molar-refractivity contribution < 1.29 is 22.8 Å². The standard InChI is InChI=1S/C21H16F3N3O2/c1-27(17-5-3-2-4-6-17)20(29)14-11-12-25-18(13-14)19(28)26-16-9-7-15(8-10-16)21(22,23)24/h2-13H,1H3,(H,26,28). The van der Waals surface area contributed by atoms with Gasteiger partial charge in [-0.05, 0) is 48.5 Å². The topological polar surface area (TPSA) is 62.3 Å². The fraction of sp³-hybridized carbons (Fsp3) is 0.0952. The molecule has 0 saturated carbocycles. The number of hydrogen-bond donors (Lipinski definition) is 1. The quantitative estimate of drug-likeness (QED) is 0.696. The van der Waals surface area contributed by atoms with Crippen LogP contribution in [0.5, 0.6) is 0 Å². The molecule has 0 unspecified atom stereocenters. The van der Waals surface area contributed by atoms with E-state index in [1.165, 1.54) is 23.2 Å². The van der Waals surface area contributed by atoms with Crippen LogP contribution in [0.15, 0.2) is 72.9 Å². The molecule has 1 N–H and O–H groups in total. The van der Waals surface area contributed by atoms with Gasteiger partial charge < -0.3 is 10.2 Å². The third-order valence-electron chi connectivity index (χ3n) is 4.16. The number of anilines is 2. The SMILES string of the molecule is CN(C(=O)c1ccnc(C(=O)Nc2ccc(C(F)(F)F)cc2)c1)c1ccccc1. The third-order valence-corrected chi connectivity index (χ3v) is 4.16. The maximum atomic E-state index is 12.7. The van der Waals surface area contributed by atoms with Gasteiger partial charge in [0.2, 0.25) is 0 Å². The number of carbonyl (C=O) groups excluding carboxylic acids is 2. The number of benzene rings is 2. The highest BCUT2D eigenvalue weighted by Crippen LogP contribution is 2.29. The summed E-state index contributed by atoms with van der Waals surface area (Å²) in [5.41, 5.74) is 0.277. The lowest BCUT2D eigenvalue weighted by Crippen LogP contribution is -2.26. The van der Waals surface area contributed by atoms with Gasteiger partial charge in [0.15, 0.2) is 0 Å². The molecule has 0 radical (unpaired) electrons. The highest BCUT2D eigenvalue weighted by molar-refractivity contribution is 6.08. The first-order chi connectivity index (χ1) is 13.8. The van der Waals surface area contributed by atoms with E-state index in [1.807, 2.05) is 6.07 Å². The number of rotatable bonds is 4. The van der Waals surface area contributed by atoms with Gasteiger partial charge in [-0.25, -0.2) is 0 Å². The lowest BCUT2D eigenvalue weighted by molar-refractivity contribution is -0.137. The van der Waals surface area contributed by atoms with Crippen LogP contribution in [0.4, 0.5) is 24.5 Å². The average molecular weight is 399 g/mol. The van der Waals surface area contributed by atoms with E-state index in [4.69, 9.17) is 0 Å². The minimum Gasteiger partial charge on any atom is -0.321 e. The first-order valence-corrected chi connectivity index (χ1v) is 8.53. The minimum atomic E-state index is -4.45. The van der Waals surface area contributed by atoms with Crippen molar-refractivity contribution in [2.24, 2.45) is 0 Å². The fourth-order valence-corrected chi connectivity index (χ4v) is 2.59. The Morgan fingerprint density at radius 2 is 1.62 bits per heavy atom. The molecule has 0 aliphatic heterocycles. The molecule has 0 aliphatic carbocycles. The van der Waals surface area contributed by atoms with E-state index in [-0.39, 0.29) is 22.9 Å². The molecular formula is C21H16F3N3O2. The molecule has 0 fully saturated rings. The molecule has 1 aromatic heterocycles. The zero-order valence-electron chi connectivity index (χ0n) is 15.3. The van der Waals surface area contributed by atoms with Crippen molar-refractivity contribution in [3.8, 4) is 0 Å². The first-order valence-electron chi connectivity index (χ1n) is 8.53. The molecule has 2 amide bonds. The van der Waals surface area contributed by atoms with Crippen molar-refractivity contribution in [3.63, 3.8) is 0 Å². The molecule has 3 aromatic rings. The number of nitrogens with one attached hydrogen (secondary N) is 1. The molecule has 0 atom stereocenters. The second kappa shape index (κ2) is 8.14. The maximum absolute atomic E-state index is 12.7. The number of hydrogen-bond acceptors (Lipinski definition) is 3. The lowest BCUT2D eigenvalue weighted by atomic mass is 10.1. The van der Waals surface area contributed by atoms with E-state index >= 15 is 0 Å². The monoisotopic (exact) mass is 399 g/mol. The average Bonchev–Trinajstić information content (AvgIpc) is 2.73. The number of carbonyl (C=O) groups is 2. The van der Waals surface area contributed by atoms with Gasteiger partial charge in [-0.1, -0.05) is 18.2 Å². The summed E-state index contributed by atoms with van der Waals surface area (Å²) in [6, 6.07) is 15.8. The van der Waals surface area contributed by atoms with E-state index in [1.54, 1.807) is 31.3 Å². The zero-order valence-corrected chi connectivity index (χ0v) is 15.3. The summed E-state index contributed by atoms with van der Waals surface area (Å²) in [5.74, 6) is -0.969. The summed E-state index contributed by atoms with van der Waals surface area (Å²) in [6.45, 7) is 0. The Hall–Kier alpha value is -3.68. The number of nitrogens with zero attached hydrogens (tertiary/aromatic N) is 2. The minimum absolute atomic E-state index is 0.0304. The Morgan fingerprint density at radius 1 is 0.966 bits per heavy atom. The smallest absolute Gasteiger partial charge is 0.321 e. The molecule has 2 aromatic carbocycles. The Kier molecular flexibility index (Phi) is 5.63. The van der Waals surface area contributed by atoms with Gasteiger partial charge >= 0.3 is 6.18 Å². The first kappa shape index (κ1) is 20.1. The highest BCUT2D eigenvalue weighted by Gasteiger charge is 2.30. The second-order valence-electron chi connectivity index (χ2n) is 6.16. The Labute approximate surface area is 164 Å². The molecule has 8 heteroatoms. The number of halogens is 3. The molecule has 5 nitrogen and oxygen atoms in total. The van der Waals surface area contributed by atoms with Gasteiger partial charge in [0.05, 0.1) is 5.56 Å². The fourth-order valence-electron chi connectivity index (χ4n) is 2.59. The predicted molar refractivity (Wildman–Crippen MR) is 103 cm³/mol. The molecule has 1 heterocycles. The van der Waals surface area contributed by atoms with Crippen LogP contribution in [0.25, 0.3) is 0 Å². The summed E-state index contributed by atoms with van der Waals surface area (Å²) in [4.78, 5) is 30.4. The van der Waals surface area contributed by atoms with Crippen LogP contribution in [0.2, 0.25) is 0 Å². The van der Waals surface area contributed by atoms with E-state index < -0.39 is 17.6 Å². The summed E-state index contributed by atoms with van der Waals surface area (Å²) in [6.07, 6.45) is -3.13. The molecule has 0 saturated heterocycles. The van der Waals surface area contributed by atoms with Crippen molar-refractivity contribution in [2.45, 2.75) is 6.18 Å². The van der Waals surface area contributed by atoms with E-state index in [9.17, 15) is 22.8 Å². The van der Waals surface area contributed by atoms with Gasteiger partial charge in [-0.15, -0.1) is 0 Å². The van der Waals surface area contributed by atoms with E-state index in [2.05, 4.69) is 10.3 Å². The second-order valence-corrected chi connectivity index (χ2v) is 6.16. The molecule has 29 heavy (non-hydrogen) atoms. The largest absolute Gasteiger partial charge is 0.416 e. The Balaban J connectivity index is 1.75. The summed E-state index contributed by atoms with van der Waals surface area (Å²) < 4.78 is 37.9. The van der Waals surface area contributed by atoms with Crippen molar-refractivity contribution in [1.82, 2.24) is 4.98 Å². The predicted octanol–water partition coefficient (Wildman–Crippen LogP) is 4.63. The van der Waals surface area contributed by atoms with Crippen LogP contribution in [0, 0.1) is 0 Å². The number of amides is 2. The van der Waals surface area contributed by atoms with Gasteiger partial charge in [0, 0.05) is 30.2 Å². The van der Waals surface area contributed by atoms with Crippen LogP contribution >= 0.6 is 0 Å². The zero-order chi connectivity index (χ0) is 21.0. The molecule has 0 bridgehead atoms. The summed E-state index contributed by atoms with van der Waals surface area (Å²) in [5, 5.41) is 2.47. The van der Waals surface area contributed by atoms with Crippen LogP contribution in [-0.4, -0.2) is 23.8 Å². The molecule has 0 spiro atoms. The normalized spacial score (nSPS) is 11.0. The van der Waals surface area contributed by atoms with E-state index in [0.29, 0.717) is 5.69 Å². The van der Waals surface area contributed by atoms with Crippen LogP contribution in [0.3, 0.4) is 0 Å². The molecular weight excluding hydrogens is 383 g/mol. The van der Waals surface area contributed by atoms with Gasteiger partial charge in [-0.2, -0.15) is 13.2 Å². The Morgan fingerprint density at radius 3 is 2.24 bits per heavy atom. The van der Waals surface area contributed by atoms with Crippen LogP contribution in [-0.2, 0) is 6.18 Å². The Bertz CT molecular complexity index is 1020. The molecule has 148 valence electrons. The van der Waals surface area contributed by atoms with E-state index in [0.717, 1.165) is 24.3 Å². The lowest BCUT2D eigenvalue weighted by Gasteiger charge is -2.17. The van der Waals surface area contributed by atoms with Crippen molar-refractivity contribution in [1.29, 1.82) is 0 Å².